The largest absolute Gasteiger partial charge is 0.483 e. The van der Waals surface area contributed by atoms with E-state index < -0.39 is 0 Å². The van der Waals surface area contributed by atoms with Crippen LogP contribution in [0.25, 0.3) is 5.65 Å². The average molecular weight is 314 g/mol. The minimum absolute atomic E-state index is 0.290. The van der Waals surface area contributed by atoms with Crippen molar-refractivity contribution in [1.82, 2.24) is 14.6 Å². The first-order chi connectivity index (χ1) is 11.1. The first kappa shape index (κ1) is 14.8. The standard InChI is InChI=1S/C18H26N4O/c1-11(2)13-9-19-21-10-16-18(20-17(13)21)22(12(3)4)14-7-5-6-8-15(14)23-16/h9-12,14-15H,5-8H2,1-4H3. The van der Waals surface area contributed by atoms with Gasteiger partial charge in [-0.2, -0.15) is 5.10 Å². The Balaban J connectivity index is 1.87. The van der Waals surface area contributed by atoms with Crippen LogP contribution in [0.4, 0.5) is 5.82 Å². The van der Waals surface area contributed by atoms with Crippen LogP contribution in [-0.2, 0) is 0 Å². The van der Waals surface area contributed by atoms with Gasteiger partial charge in [0.2, 0.25) is 0 Å². The van der Waals surface area contributed by atoms with E-state index in [-0.39, 0.29) is 6.10 Å². The first-order valence-corrected chi connectivity index (χ1v) is 8.89. The number of rotatable bonds is 2. The molecule has 1 saturated carbocycles. The van der Waals surface area contributed by atoms with Gasteiger partial charge in [-0.25, -0.2) is 9.50 Å². The Morgan fingerprint density at radius 3 is 2.70 bits per heavy atom. The van der Waals surface area contributed by atoms with E-state index in [1.165, 1.54) is 24.8 Å². The van der Waals surface area contributed by atoms with Gasteiger partial charge >= 0.3 is 0 Å². The highest BCUT2D eigenvalue weighted by molar-refractivity contribution is 5.62. The van der Waals surface area contributed by atoms with E-state index >= 15 is 0 Å². The van der Waals surface area contributed by atoms with Crippen LogP contribution in [-0.4, -0.2) is 32.8 Å². The SMILES string of the molecule is CC(C)c1cnn2cc3c(nc12)N(C(C)C)C1CCCCC1O3. The summed E-state index contributed by atoms with van der Waals surface area (Å²) in [6.07, 6.45) is 9.13. The minimum Gasteiger partial charge on any atom is -0.483 e. The normalized spacial score (nSPS) is 24.0. The number of ether oxygens (including phenoxy) is 1. The molecule has 5 nitrogen and oxygen atoms in total. The highest BCUT2D eigenvalue weighted by Gasteiger charge is 2.40. The summed E-state index contributed by atoms with van der Waals surface area (Å²) in [6, 6.07) is 0.875. The predicted molar refractivity (Wildman–Crippen MR) is 91.4 cm³/mol. The highest BCUT2D eigenvalue weighted by atomic mass is 16.5. The molecule has 2 unspecified atom stereocenters. The lowest BCUT2D eigenvalue weighted by atomic mass is 9.89. The molecule has 124 valence electrons. The van der Waals surface area contributed by atoms with Gasteiger partial charge in [-0.1, -0.05) is 20.3 Å². The van der Waals surface area contributed by atoms with E-state index in [1.54, 1.807) is 0 Å². The molecule has 0 aromatic carbocycles. The summed E-state index contributed by atoms with van der Waals surface area (Å²) in [5.74, 6) is 2.29. The third-order valence-electron chi connectivity index (χ3n) is 5.19. The van der Waals surface area contributed by atoms with Crippen molar-refractivity contribution >= 4 is 11.5 Å². The maximum absolute atomic E-state index is 6.33. The minimum atomic E-state index is 0.290. The molecule has 0 N–H and O–H groups in total. The summed E-state index contributed by atoms with van der Waals surface area (Å²) < 4.78 is 8.20. The zero-order chi connectivity index (χ0) is 16.1. The molecular formula is C18H26N4O. The monoisotopic (exact) mass is 314 g/mol. The van der Waals surface area contributed by atoms with Gasteiger partial charge < -0.3 is 9.64 Å². The van der Waals surface area contributed by atoms with E-state index in [4.69, 9.17) is 9.72 Å². The second kappa shape index (κ2) is 5.39. The molecule has 2 aromatic heterocycles. The predicted octanol–water partition coefficient (Wildman–Crippen LogP) is 3.77. The van der Waals surface area contributed by atoms with Crippen molar-refractivity contribution in [3.8, 4) is 5.75 Å². The van der Waals surface area contributed by atoms with Crippen molar-refractivity contribution in [1.29, 1.82) is 0 Å². The Bertz CT molecular complexity index is 721. The second-order valence-corrected chi connectivity index (χ2v) is 7.46. The van der Waals surface area contributed by atoms with Gasteiger partial charge in [0.15, 0.2) is 17.2 Å². The quantitative estimate of drug-likeness (QED) is 0.846. The molecule has 5 heteroatoms. The smallest absolute Gasteiger partial charge is 0.180 e. The molecule has 0 bridgehead atoms. The van der Waals surface area contributed by atoms with Gasteiger partial charge in [0.1, 0.15) is 6.10 Å². The lowest BCUT2D eigenvalue weighted by molar-refractivity contribution is 0.108. The van der Waals surface area contributed by atoms with Crippen LogP contribution in [0.5, 0.6) is 5.75 Å². The number of anilines is 1. The zero-order valence-electron chi connectivity index (χ0n) is 14.5. The molecule has 2 aliphatic rings. The topological polar surface area (TPSA) is 42.7 Å². The molecule has 3 heterocycles. The molecule has 1 fully saturated rings. The number of aromatic nitrogens is 3. The van der Waals surface area contributed by atoms with Crippen LogP contribution >= 0.6 is 0 Å². The van der Waals surface area contributed by atoms with Gasteiger partial charge in [-0.3, -0.25) is 0 Å². The maximum Gasteiger partial charge on any atom is 0.180 e. The van der Waals surface area contributed by atoms with Gasteiger partial charge in [0, 0.05) is 11.6 Å². The molecule has 2 aromatic rings. The second-order valence-electron chi connectivity index (χ2n) is 7.46. The molecule has 0 spiro atoms. The van der Waals surface area contributed by atoms with Gasteiger partial charge in [-0.05, 0) is 39.0 Å². The molecule has 1 aliphatic carbocycles. The summed E-state index contributed by atoms with van der Waals surface area (Å²) in [5, 5.41) is 4.48. The fourth-order valence-electron chi connectivity index (χ4n) is 4.06. The molecule has 23 heavy (non-hydrogen) atoms. The van der Waals surface area contributed by atoms with Crippen molar-refractivity contribution in [2.24, 2.45) is 0 Å². The summed E-state index contributed by atoms with van der Waals surface area (Å²) in [7, 11) is 0. The molecule has 2 atom stereocenters. The molecular weight excluding hydrogens is 288 g/mol. The van der Waals surface area contributed by atoms with Crippen LogP contribution in [0.2, 0.25) is 0 Å². The van der Waals surface area contributed by atoms with E-state index in [1.807, 2.05) is 16.9 Å². The lowest BCUT2D eigenvalue weighted by Crippen LogP contribution is -2.54. The molecule has 0 saturated heterocycles. The van der Waals surface area contributed by atoms with Crippen LogP contribution in [0.15, 0.2) is 12.4 Å². The summed E-state index contributed by atoms with van der Waals surface area (Å²) in [4.78, 5) is 7.48. The van der Waals surface area contributed by atoms with E-state index in [2.05, 4.69) is 37.7 Å². The summed E-state index contributed by atoms with van der Waals surface area (Å²) in [6.45, 7) is 8.89. The van der Waals surface area contributed by atoms with Crippen LogP contribution < -0.4 is 9.64 Å². The van der Waals surface area contributed by atoms with Crippen molar-refractivity contribution < 1.29 is 4.74 Å². The van der Waals surface area contributed by atoms with Crippen LogP contribution in [0.3, 0.4) is 0 Å². The van der Waals surface area contributed by atoms with Crippen LogP contribution in [0.1, 0.15) is 64.9 Å². The summed E-state index contributed by atoms with van der Waals surface area (Å²) >= 11 is 0. The van der Waals surface area contributed by atoms with Gasteiger partial charge in [0.25, 0.3) is 0 Å². The lowest BCUT2D eigenvalue weighted by Gasteiger charge is -2.46. The molecule has 4 rings (SSSR count). The van der Waals surface area contributed by atoms with Gasteiger partial charge in [0.05, 0.1) is 18.4 Å². The van der Waals surface area contributed by atoms with E-state index in [9.17, 15) is 0 Å². The van der Waals surface area contributed by atoms with E-state index in [0.29, 0.717) is 18.0 Å². The Labute approximate surface area is 137 Å². The van der Waals surface area contributed by atoms with E-state index in [0.717, 1.165) is 23.6 Å². The fraction of sp³-hybridized carbons (Fsp3) is 0.667. The van der Waals surface area contributed by atoms with Crippen molar-refractivity contribution in [2.75, 3.05) is 4.90 Å². The Morgan fingerprint density at radius 1 is 1.17 bits per heavy atom. The van der Waals surface area contributed by atoms with Crippen LogP contribution in [0, 0.1) is 0 Å². The molecule has 1 aliphatic heterocycles. The number of fused-ring (bicyclic) bond motifs is 3. The molecule has 0 radical (unpaired) electrons. The van der Waals surface area contributed by atoms with Crippen molar-refractivity contribution in [3.63, 3.8) is 0 Å². The number of hydrogen-bond donors (Lipinski definition) is 0. The molecule has 0 amide bonds. The number of hydrogen-bond acceptors (Lipinski definition) is 4. The Kier molecular flexibility index (Phi) is 3.47. The fourth-order valence-corrected chi connectivity index (χ4v) is 4.06. The third-order valence-corrected chi connectivity index (χ3v) is 5.19. The highest BCUT2D eigenvalue weighted by Crippen LogP contribution is 2.41. The van der Waals surface area contributed by atoms with Crippen molar-refractivity contribution in [3.05, 3.63) is 18.0 Å². The maximum atomic E-state index is 6.33. The average Bonchev–Trinajstić information content (AvgIpc) is 2.92. The number of nitrogens with zero attached hydrogens (tertiary/aromatic N) is 4. The Hall–Kier alpha value is -1.78. The summed E-state index contributed by atoms with van der Waals surface area (Å²) in [5.41, 5.74) is 2.16. The van der Waals surface area contributed by atoms with Gasteiger partial charge in [-0.15, -0.1) is 0 Å². The first-order valence-electron chi connectivity index (χ1n) is 8.89. The Morgan fingerprint density at radius 2 is 1.96 bits per heavy atom. The van der Waals surface area contributed by atoms with Crippen molar-refractivity contribution in [2.45, 2.75) is 77.5 Å². The zero-order valence-corrected chi connectivity index (χ0v) is 14.5. The third kappa shape index (κ3) is 2.28.